The molecular formula is C16H21N5O2S2. The molecule has 0 saturated carbocycles. The smallest absolute Gasteiger partial charge is 0.233 e. The molecule has 2 atom stereocenters. The molecule has 7 nitrogen and oxygen atoms in total. The van der Waals surface area contributed by atoms with E-state index >= 15 is 0 Å². The highest BCUT2D eigenvalue weighted by atomic mass is 32.2. The lowest BCUT2D eigenvalue weighted by atomic mass is 10.2. The molecule has 2 aromatic heterocycles. The third-order valence-electron chi connectivity index (χ3n) is 4.67. The molecule has 0 spiro atoms. The van der Waals surface area contributed by atoms with Crippen LogP contribution in [-0.4, -0.2) is 56.0 Å². The molecule has 134 valence electrons. The SMILES string of the molecule is O=C(CSc1nnnn1CC1CCCO1)N1CCCC1c1cccs1. The Morgan fingerprint density at radius 2 is 2.36 bits per heavy atom. The number of rotatable bonds is 6. The Kier molecular flexibility index (Phi) is 5.33. The van der Waals surface area contributed by atoms with Gasteiger partial charge in [0.15, 0.2) is 0 Å². The molecule has 25 heavy (non-hydrogen) atoms. The Balaban J connectivity index is 1.35. The van der Waals surface area contributed by atoms with Crippen molar-refractivity contribution < 1.29 is 9.53 Å². The fraction of sp³-hybridized carbons (Fsp3) is 0.625. The summed E-state index contributed by atoms with van der Waals surface area (Å²) in [4.78, 5) is 16.0. The van der Waals surface area contributed by atoms with Gasteiger partial charge in [-0.2, -0.15) is 0 Å². The van der Waals surface area contributed by atoms with Crippen LogP contribution < -0.4 is 0 Å². The van der Waals surface area contributed by atoms with Gasteiger partial charge in [-0.15, -0.1) is 16.4 Å². The van der Waals surface area contributed by atoms with Crippen molar-refractivity contribution in [2.45, 2.75) is 49.5 Å². The summed E-state index contributed by atoms with van der Waals surface area (Å²) in [5.74, 6) is 0.529. The molecule has 2 fully saturated rings. The molecule has 2 saturated heterocycles. The minimum Gasteiger partial charge on any atom is -0.376 e. The average molecular weight is 380 g/mol. The molecule has 2 aliphatic heterocycles. The van der Waals surface area contributed by atoms with Crippen LogP contribution >= 0.6 is 23.1 Å². The first-order chi connectivity index (χ1) is 12.3. The van der Waals surface area contributed by atoms with Crippen LogP contribution in [0, 0.1) is 0 Å². The quantitative estimate of drug-likeness (QED) is 0.718. The number of ether oxygens (including phenoxy) is 1. The van der Waals surface area contributed by atoms with Gasteiger partial charge in [-0.1, -0.05) is 17.8 Å². The summed E-state index contributed by atoms with van der Waals surface area (Å²) in [5, 5.41) is 14.6. The molecule has 9 heteroatoms. The summed E-state index contributed by atoms with van der Waals surface area (Å²) in [7, 11) is 0. The van der Waals surface area contributed by atoms with Crippen LogP contribution in [0.5, 0.6) is 0 Å². The number of carbonyl (C=O) groups excluding carboxylic acids is 1. The van der Waals surface area contributed by atoms with Crippen LogP contribution in [0.3, 0.4) is 0 Å². The number of likely N-dealkylation sites (tertiary alicyclic amines) is 1. The third-order valence-corrected chi connectivity index (χ3v) is 6.58. The maximum atomic E-state index is 12.7. The van der Waals surface area contributed by atoms with Gasteiger partial charge in [-0.25, -0.2) is 4.68 Å². The Hall–Kier alpha value is -1.45. The molecule has 2 aliphatic rings. The van der Waals surface area contributed by atoms with Crippen LogP contribution in [0.2, 0.25) is 0 Å². The summed E-state index contributed by atoms with van der Waals surface area (Å²) in [6.07, 6.45) is 4.43. The second-order valence-corrected chi connectivity index (χ2v) is 8.25. The van der Waals surface area contributed by atoms with Crippen LogP contribution in [0.15, 0.2) is 22.7 Å². The summed E-state index contributed by atoms with van der Waals surface area (Å²) in [5.41, 5.74) is 0. The second kappa shape index (κ2) is 7.84. The first-order valence-electron chi connectivity index (χ1n) is 8.64. The van der Waals surface area contributed by atoms with Crippen molar-refractivity contribution in [2.75, 3.05) is 18.9 Å². The number of hydrogen-bond acceptors (Lipinski definition) is 7. The zero-order valence-corrected chi connectivity index (χ0v) is 15.5. The van der Waals surface area contributed by atoms with Crippen molar-refractivity contribution in [1.82, 2.24) is 25.1 Å². The van der Waals surface area contributed by atoms with Crippen LogP contribution in [0.4, 0.5) is 0 Å². The molecule has 0 N–H and O–H groups in total. The van der Waals surface area contributed by atoms with Crippen molar-refractivity contribution in [3.63, 3.8) is 0 Å². The number of carbonyl (C=O) groups is 1. The molecule has 0 aromatic carbocycles. The summed E-state index contributed by atoms with van der Waals surface area (Å²) in [6, 6.07) is 4.40. The van der Waals surface area contributed by atoms with E-state index in [1.807, 2.05) is 4.90 Å². The number of tetrazole rings is 1. The molecule has 2 aromatic rings. The number of amides is 1. The van der Waals surface area contributed by atoms with E-state index in [4.69, 9.17) is 4.74 Å². The van der Waals surface area contributed by atoms with Gasteiger partial charge in [0.1, 0.15) is 0 Å². The summed E-state index contributed by atoms with van der Waals surface area (Å²) >= 11 is 3.14. The van der Waals surface area contributed by atoms with E-state index in [0.29, 0.717) is 17.5 Å². The van der Waals surface area contributed by atoms with Crippen LogP contribution in [0.25, 0.3) is 0 Å². The lowest BCUT2D eigenvalue weighted by Crippen LogP contribution is -2.31. The van der Waals surface area contributed by atoms with Crippen molar-refractivity contribution in [3.05, 3.63) is 22.4 Å². The second-order valence-electron chi connectivity index (χ2n) is 6.33. The van der Waals surface area contributed by atoms with E-state index < -0.39 is 0 Å². The minimum absolute atomic E-state index is 0.160. The van der Waals surface area contributed by atoms with E-state index in [-0.39, 0.29) is 18.1 Å². The Morgan fingerprint density at radius 1 is 1.40 bits per heavy atom. The predicted molar refractivity (Wildman–Crippen MR) is 95.5 cm³/mol. The van der Waals surface area contributed by atoms with Gasteiger partial charge in [-0.05, 0) is 47.6 Å². The highest BCUT2D eigenvalue weighted by molar-refractivity contribution is 7.99. The van der Waals surface area contributed by atoms with Crippen molar-refractivity contribution in [3.8, 4) is 0 Å². The molecule has 4 rings (SSSR count). The number of aromatic nitrogens is 4. The lowest BCUT2D eigenvalue weighted by Gasteiger charge is -2.23. The molecule has 1 amide bonds. The molecule has 2 unspecified atom stereocenters. The topological polar surface area (TPSA) is 73.1 Å². The Morgan fingerprint density at radius 3 is 3.16 bits per heavy atom. The standard InChI is InChI=1S/C16H21N5O2S2/c22-15(20-7-1-5-13(20)14-6-3-9-24-14)11-25-16-17-18-19-21(16)10-12-4-2-8-23-12/h3,6,9,12-13H,1-2,4-5,7-8,10-11H2. The van der Waals surface area contributed by atoms with Gasteiger partial charge in [0, 0.05) is 18.0 Å². The molecule has 0 bridgehead atoms. The van der Waals surface area contributed by atoms with Gasteiger partial charge in [0.05, 0.1) is 24.4 Å². The zero-order chi connectivity index (χ0) is 17.1. The molecule has 4 heterocycles. The fourth-order valence-corrected chi connectivity index (χ4v) is 5.09. The summed E-state index contributed by atoms with van der Waals surface area (Å²) < 4.78 is 7.40. The lowest BCUT2D eigenvalue weighted by molar-refractivity contribution is -0.129. The van der Waals surface area contributed by atoms with E-state index in [1.165, 1.54) is 16.6 Å². The first kappa shape index (κ1) is 17.0. The molecular weight excluding hydrogens is 358 g/mol. The number of hydrogen-bond donors (Lipinski definition) is 0. The van der Waals surface area contributed by atoms with Gasteiger partial charge in [-0.3, -0.25) is 4.79 Å². The van der Waals surface area contributed by atoms with Crippen molar-refractivity contribution in [2.24, 2.45) is 0 Å². The Bertz CT molecular complexity index is 699. The average Bonchev–Trinajstić information content (AvgIpc) is 3.39. The maximum absolute atomic E-state index is 12.7. The predicted octanol–water partition coefficient (Wildman–Crippen LogP) is 2.37. The largest absolute Gasteiger partial charge is 0.376 e. The normalized spacial score (nSPS) is 23.4. The monoisotopic (exact) mass is 379 g/mol. The maximum Gasteiger partial charge on any atom is 0.233 e. The van der Waals surface area contributed by atoms with Crippen molar-refractivity contribution >= 4 is 29.0 Å². The van der Waals surface area contributed by atoms with Gasteiger partial charge >= 0.3 is 0 Å². The Labute approximate surface area is 154 Å². The first-order valence-corrected chi connectivity index (χ1v) is 10.5. The van der Waals surface area contributed by atoms with Gasteiger partial charge in [0.2, 0.25) is 11.1 Å². The molecule has 0 radical (unpaired) electrons. The van der Waals surface area contributed by atoms with Gasteiger partial charge in [0.25, 0.3) is 0 Å². The number of thiophene rings is 1. The highest BCUT2D eigenvalue weighted by Gasteiger charge is 2.30. The van der Waals surface area contributed by atoms with E-state index in [1.54, 1.807) is 16.0 Å². The minimum atomic E-state index is 0.160. The van der Waals surface area contributed by atoms with Crippen LogP contribution in [0.1, 0.15) is 36.6 Å². The van der Waals surface area contributed by atoms with E-state index in [0.717, 1.165) is 38.8 Å². The summed E-state index contributed by atoms with van der Waals surface area (Å²) in [6.45, 7) is 2.31. The highest BCUT2D eigenvalue weighted by Crippen LogP contribution is 2.35. The van der Waals surface area contributed by atoms with Crippen LogP contribution in [-0.2, 0) is 16.1 Å². The zero-order valence-electron chi connectivity index (χ0n) is 13.9. The number of nitrogens with zero attached hydrogens (tertiary/aromatic N) is 5. The third kappa shape index (κ3) is 3.88. The van der Waals surface area contributed by atoms with E-state index in [2.05, 4.69) is 33.0 Å². The fourth-order valence-electron chi connectivity index (χ4n) is 3.45. The van der Waals surface area contributed by atoms with Crippen molar-refractivity contribution in [1.29, 1.82) is 0 Å². The number of thioether (sulfide) groups is 1. The van der Waals surface area contributed by atoms with Gasteiger partial charge < -0.3 is 9.64 Å². The molecule has 0 aliphatic carbocycles. The van der Waals surface area contributed by atoms with E-state index in [9.17, 15) is 4.79 Å².